The minimum absolute atomic E-state index is 0.720. The van der Waals surface area contributed by atoms with Crippen LogP contribution in [0.4, 0.5) is 11.8 Å². The summed E-state index contributed by atoms with van der Waals surface area (Å²) in [5, 5.41) is 6.35. The molecule has 4 nitrogen and oxygen atoms in total. The summed E-state index contributed by atoms with van der Waals surface area (Å²) >= 11 is 1.68. The summed E-state index contributed by atoms with van der Waals surface area (Å²) in [4.78, 5) is 12.7. The second-order valence-electron chi connectivity index (χ2n) is 5.50. The lowest BCUT2D eigenvalue weighted by atomic mass is 9.95. The molecule has 1 saturated heterocycles. The minimum atomic E-state index is 0.720. The first kappa shape index (κ1) is 12.7. The lowest BCUT2D eigenvalue weighted by molar-refractivity contribution is 0.422. The first-order valence-corrected chi connectivity index (χ1v) is 7.75. The Hall–Kier alpha value is -1.36. The van der Waals surface area contributed by atoms with Gasteiger partial charge in [-0.25, -0.2) is 4.98 Å². The molecule has 1 N–H and O–H groups in total. The molecule has 1 unspecified atom stereocenters. The van der Waals surface area contributed by atoms with Crippen molar-refractivity contribution in [3.8, 4) is 0 Å². The van der Waals surface area contributed by atoms with Gasteiger partial charge in [0.2, 0.25) is 5.95 Å². The first-order valence-electron chi connectivity index (χ1n) is 6.87. The monoisotopic (exact) mass is 276 g/mol. The fraction of sp³-hybridized carbons (Fsp3) is 0.571. The van der Waals surface area contributed by atoms with E-state index in [2.05, 4.69) is 45.5 Å². The average molecular weight is 276 g/mol. The van der Waals surface area contributed by atoms with Crippen LogP contribution in [0.25, 0.3) is 10.2 Å². The van der Waals surface area contributed by atoms with E-state index in [1.54, 1.807) is 11.3 Å². The van der Waals surface area contributed by atoms with Crippen molar-refractivity contribution in [2.45, 2.75) is 20.3 Å². The maximum Gasteiger partial charge on any atom is 0.225 e. The van der Waals surface area contributed by atoms with E-state index in [0.717, 1.165) is 41.5 Å². The van der Waals surface area contributed by atoms with Gasteiger partial charge in [-0.1, -0.05) is 13.8 Å². The molecule has 5 heteroatoms. The molecule has 3 rings (SSSR count). The van der Waals surface area contributed by atoms with E-state index in [1.165, 1.54) is 11.8 Å². The second-order valence-corrected chi connectivity index (χ2v) is 6.39. The molecule has 1 fully saturated rings. The third-order valence-electron chi connectivity index (χ3n) is 4.00. The van der Waals surface area contributed by atoms with E-state index in [9.17, 15) is 0 Å². The molecule has 0 spiro atoms. The molecule has 0 aromatic carbocycles. The molecule has 1 aliphatic heterocycles. The van der Waals surface area contributed by atoms with Gasteiger partial charge in [0, 0.05) is 20.1 Å². The zero-order valence-corrected chi connectivity index (χ0v) is 12.5. The fourth-order valence-electron chi connectivity index (χ4n) is 2.72. The SMILES string of the molecule is CNc1nc(N2CCC(C(C)C)C2)c2ccsc2n1. The molecule has 0 bridgehead atoms. The Morgan fingerprint density at radius 1 is 1.42 bits per heavy atom. The highest BCUT2D eigenvalue weighted by Gasteiger charge is 2.27. The molecular weight excluding hydrogens is 256 g/mol. The van der Waals surface area contributed by atoms with Gasteiger partial charge in [-0.15, -0.1) is 11.3 Å². The van der Waals surface area contributed by atoms with Gasteiger partial charge in [-0.05, 0) is 29.7 Å². The largest absolute Gasteiger partial charge is 0.357 e. The number of thiophene rings is 1. The maximum absolute atomic E-state index is 4.68. The van der Waals surface area contributed by atoms with Crippen LogP contribution in [0.3, 0.4) is 0 Å². The number of nitrogens with one attached hydrogen (secondary N) is 1. The van der Waals surface area contributed by atoms with Gasteiger partial charge >= 0.3 is 0 Å². The Kier molecular flexibility index (Phi) is 3.31. The standard InChI is InChI=1S/C14H20N4S/c1-9(2)10-4-6-18(8-10)12-11-5-7-19-13(11)17-14(15-3)16-12/h5,7,9-10H,4,6,8H2,1-3H3,(H,15,16,17). The number of hydrogen-bond donors (Lipinski definition) is 1. The van der Waals surface area contributed by atoms with Crippen LogP contribution in [0.15, 0.2) is 11.4 Å². The minimum Gasteiger partial charge on any atom is -0.357 e. The highest BCUT2D eigenvalue weighted by Crippen LogP contribution is 2.33. The van der Waals surface area contributed by atoms with Crippen molar-refractivity contribution in [3.63, 3.8) is 0 Å². The first-order chi connectivity index (χ1) is 9.19. The topological polar surface area (TPSA) is 41.1 Å². The van der Waals surface area contributed by atoms with Gasteiger partial charge in [-0.3, -0.25) is 0 Å². The lowest BCUT2D eigenvalue weighted by Gasteiger charge is -2.20. The predicted molar refractivity (Wildman–Crippen MR) is 82.1 cm³/mol. The number of fused-ring (bicyclic) bond motifs is 1. The van der Waals surface area contributed by atoms with Crippen molar-refractivity contribution < 1.29 is 0 Å². The van der Waals surface area contributed by atoms with Crippen molar-refractivity contribution >= 4 is 33.3 Å². The van der Waals surface area contributed by atoms with E-state index >= 15 is 0 Å². The van der Waals surface area contributed by atoms with E-state index in [-0.39, 0.29) is 0 Å². The highest BCUT2D eigenvalue weighted by molar-refractivity contribution is 7.16. The summed E-state index contributed by atoms with van der Waals surface area (Å²) in [6.45, 7) is 6.84. The molecule has 19 heavy (non-hydrogen) atoms. The van der Waals surface area contributed by atoms with Crippen molar-refractivity contribution in [1.82, 2.24) is 9.97 Å². The molecule has 2 aromatic rings. The fourth-order valence-corrected chi connectivity index (χ4v) is 3.47. The summed E-state index contributed by atoms with van der Waals surface area (Å²) in [5.74, 6) is 3.34. The van der Waals surface area contributed by atoms with E-state index in [0.29, 0.717) is 0 Å². The highest BCUT2D eigenvalue weighted by atomic mass is 32.1. The van der Waals surface area contributed by atoms with Gasteiger partial charge in [-0.2, -0.15) is 4.98 Å². The summed E-state index contributed by atoms with van der Waals surface area (Å²) in [6.07, 6.45) is 1.27. The van der Waals surface area contributed by atoms with Crippen LogP contribution in [0.2, 0.25) is 0 Å². The normalized spacial score (nSPS) is 19.6. The second kappa shape index (κ2) is 4.96. The van der Waals surface area contributed by atoms with Crippen LogP contribution in [0.1, 0.15) is 20.3 Å². The average Bonchev–Trinajstić information content (AvgIpc) is 3.06. The Morgan fingerprint density at radius 3 is 2.95 bits per heavy atom. The molecule has 1 aliphatic rings. The third-order valence-corrected chi connectivity index (χ3v) is 4.80. The third kappa shape index (κ3) is 2.27. The van der Waals surface area contributed by atoms with E-state index in [4.69, 9.17) is 0 Å². The Labute approximate surface area is 117 Å². The van der Waals surface area contributed by atoms with Crippen LogP contribution in [0.5, 0.6) is 0 Å². The molecular formula is C14H20N4S. The van der Waals surface area contributed by atoms with Crippen molar-refractivity contribution in [3.05, 3.63) is 11.4 Å². The maximum atomic E-state index is 4.68. The van der Waals surface area contributed by atoms with Crippen molar-refractivity contribution in [2.24, 2.45) is 11.8 Å². The Balaban J connectivity index is 1.98. The zero-order valence-electron chi connectivity index (χ0n) is 11.7. The van der Waals surface area contributed by atoms with Crippen LogP contribution in [0, 0.1) is 11.8 Å². The summed E-state index contributed by atoms with van der Waals surface area (Å²) in [5.41, 5.74) is 0. The van der Waals surface area contributed by atoms with Gasteiger partial charge in [0.05, 0.1) is 5.39 Å². The molecule has 0 saturated carbocycles. The Morgan fingerprint density at radius 2 is 2.26 bits per heavy atom. The van der Waals surface area contributed by atoms with Gasteiger partial charge in [0.25, 0.3) is 0 Å². The van der Waals surface area contributed by atoms with E-state index < -0.39 is 0 Å². The zero-order chi connectivity index (χ0) is 13.4. The summed E-state index contributed by atoms with van der Waals surface area (Å²) in [6, 6.07) is 2.14. The molecule has 102 valence electrons. The lowest BCUT2D eigenvalue weighted by Crippen LogP contribution is -2.22. The van der Waals surface area contributed by atoms with E-state index in [1.807, 2.05) is 7.05 Å². The number of rotatable bonds is 3. The quantitative estimate of drug-likeness (QED) is 0.934. The van der Waals surface area contributed by atoms with Gasteiger partial charge in [0.1, 0.15) is 10.6 Å². The van der Waals surface area contributed by atoms with Crippen molar-refractivity contribution in [2.75, 3.05) is 30.4 Å². The smallest absolute Gasteiger partial charge is 0.225 e. The van der Waals surface area contributed by atoms with Crippen LogP contribution in [-0.2, 0) is 0 Å². The number of anilines is 2. The molecule has 3 heterocycles. The van der Waals surface area contributed by atoms with Crippen LogP contribution in [-0.4, -0.2) is 30.1 Å². The molecule has 0 amide bonds. The molecule has 1 atom stereocenters. The number of aromatic nitrogens is 2. The van der Waals surface area contributed by atoms with Crippen LogP contribution >= 0.6 is 11.3 Å². The number of nitrogens with zero attached hydrogens (tertiary/aromatic N) is 3. The molecule has 0 radical (unpaired) electrons. The summed E-state index contributed by atoms with van der Waals surface area (Å²) in [7, 11) is 1.87. The molecule has 2 aromatic heterocycles. The number of hydrogen-bond acceptors (Lipinski definition) is 5. The van der Waals surface area contributed by atoms with Crippen LogP contribution < -0.4 is 10.2 Å². The van der Waals surface area contributed by atoms with Crippen molar-refractivity contribution in [1.29, 1.82) is 0 Å². The van der Waals surface area contributed by atoms with Gasteiger partial charge < -0.3 is 10.2 Å². The summed E-state index contributed by atoms with van der Waals surface area (Å²) < 4.78 is 0. The predicted octanol–water partition coefficient (Wildman–Crippen LogP) is 3.22. The Bertz CT molecular complexity index is 578. The van der Waals surface area contributed by atoms with Gasteiger partial charge in [0.15, 0.2) is 0 Å². The molecule has 0 aliphatic carbocycles.